The number of nitrogens with one attached hydrogen (secondary N) is 2. The summed E-state index contributed by atoms with van der Waals surface area (Å²) in [4.78, 5) is 47.1. The average molecular weight is 841 g/mol. The lowest BCUT2D eigenvalue weighted by Crippen LogP contribution is -2.25. The van der Waals surface area contributed by atoms with Crippen LogP contribution in [0, 0.1) is 13.8 Å². The largest absolute Gasteiger partial charge is 0.493 e. The Balaban J connectivity index is 1.07. The molecule has 3 aromatic heterocycles. The predicted octanol–water partition coefficient (Wildman–Crippen LogP) is 8.20. The molecular formula is C47H48N6O7S. The zero-order chi connectivity index (χ0) is 43.0. The van der Waals surface area contributed by atoms with Gasteiger partial charge in [-0.1, -0.05) is 29.8 Å². The van der Waals surface area contributed by atoms with Gasteiger partial charge in [-0.3, -0.25) is 28.9 Å². The van der Waals surface area contributed by atoms with E-state index in [0.29, 0.717) is 42.3 Å². The van der Waals surface area contributed by atoms with Crippen LogP contribution in [0.3, 0.4) is 0 Å². The van der Waals surface area contributed by atoms with Crippen LogP contribution in [-0.2, 0) is 26.6 Å². The number of aryl methyl sites for hydroxylation is 3. The van der Waals surface area contributed by atoms with Gasteiger partial charge in [-0.25, -0.2) is 0 Å². The van der Waals surface area contributed by atoms with Gasteiger partial charge < -0.3 is 29.3 Å². The molecule has 4 aromatic carbocycles. The van der Waals surface area contributed by atoms with Crippen LogP contribution in [0.25, 0.3) is 21.9 Å². The maximum atomic E-state index is 13.9. The maximum Gasteiger partial charge on any atom is 0.291 e. The third kappa shape index (κ3) is 10.2. The number of methoxy groups -OCH3 is 2. The fraction of sp³-hybridized carbons (Fsp3) is 0.255. The molecule has 61 heavy (non-hydrogen) atoms. The molecule has 0 spiro atoms. The van der Waals surface area contributed by atoms with Crippen LogP contribution in [0.1, 0.15) is 48.9 Å². The number of anilines is 2. The van der Waals surface area contributed by atoms with Crippen molar-refractivity contribution in [3.8, 4) is 17.2 Å². The number of carbonyl (C=O) groups excluding carboxylic acids is 2. The van der Waals surface area contributed by atoms with E-state index in [9.17, 15) is 14.4 Å². The number of fused-ring (bicyclic) bond motifs is 2. The lowest BCUT2D eigenvalue weighted by Gasteiger charge is -2.23. The molecule has 0 atom stereocenters. The summed E-state index contributed by atoms with van der Waals surface area (Å²) in [5.74, 6) is 0.822. The molecule has 7 rings (SSSR count). The summed E-state index contributed by atoms with van der Waals surface area (Å²) in [5, 5.41) is 11.8. The SMILES string of the molecule is COc1cc(NC(=O)c2cc(=O)c3cc(C)ccc3o2)c(C(=O)Nc2ccc(CCN(Cc3cncc(OCCSC)c3)Cc3ccc4c(c3)c(C)nn4C)cc2)cc1OC. The molecule has 2 amide bonds. The first-order valence-electron chi connectivity index (χ1n) is 19.7. The van der Waals surface area contributed by atoms with E-state index < -0.39 is 11.8 Å². The van der Waals surface area contributed by atoms with Gasteiger partial charge in [0.2, 0.25) is 0 Å². The quantitative estimate of drug-likeness (QED) is 0.0855. The lowest BCUT2D eigenvalue weighted by atomic mass is 10.1. The van der Waals surface area contributed by atoms with E-state index in [-0.39, 0.29) is 28.0 Å². The fourth-order valence-corrected chi connectivity index (χ4v) is 7.42. The topological polar surface area (TPSA) is 150 Å². The van der Waals surface area contributed by atoms with Crippen molar-refractivity contribution in [3.63, 3.8) is 0 Å². The van der Waals surface area contributed by atoms with E-state index in [1.165, 1.54) is 31.9 Å². The number of hydrogen-bond acceptors (Lipinski definition) is 11. The Morgan fingerprint density at radius 3 is 2.34 bits per heavy atom. The second-order valence-electron chi connectivity index (χ2n) is 14.7. The molecule has 0 saturated carbocycles. The smallest absolute Gasteiger partial charge is 0.291 e. The molecule has 314 valence electrons. The predicted molar refractivity (Wildman–Crippen MR) is 240 cm³/mol. The summed E-state index contributed by atoms with van der Waals surface area (Å²) in [6, 6.07) is 25.5. The molecule has 0 bridgehead atoms. The van der Waals surface area contributed by atoms with Crippen LogP contribution in [0.15, 0.2) is 107 Å². The monoisotopic (exact) mass is 840 g/mol. The molecular weight excluding hydrogens is 793 g/mol. The van der Waals surface area contributed by atoms with Gasteiger partial charge in [-0.05, 0) is 91.7 Å². The molecule has 0 saturated heterocycles. The Morgan fingerprint density at radius 1 is 0.820 bits per heavy atom. The van der Waals surface area contributed by atoms with Crippen molar-refractivity contribution in [2.24, 2.45) is 7.05 Å². The first-order valence-corrected chi connectivity index (χ1v) is 21.1. The Kier molecular flexibility index (Phi) is 13.3. The zero-order valence-corrected chi connectivity index (χ0v) is 35.9. The van der Waals surface area contributed by atoms with Gasteiger partial charge in [0.25, 0.3) is 11.8 Å². The number of ether oxygens (including phenoxy) is 3. The van der Waals surface area contributed by atoms with E-state index in [0.717, 1.165) is 63.8 Å². The molecule has 0 unspecified atom stereocenters. The van der Waals surface area contributed by atoms with Crippen molar-refractivity contribution >= 4 is 56.8 Å². The highest BCUT2D eigenvalue weighted by molar-refractivity contribution is 7.98. The van der Waals surface area contributed by atoms with Crippen LogP contribution < -0.4 is 30.3 Å². The normalized spacial score (nSPS) is 11.3. The van der Waals surface area contributed by atoms with Crippen molar-refractivity contribution < 1.29 is 28.2 Å². The summed E-state index contributed by atoms with van der Waals surface area (Å²) in [6.07, 6.45) is 6.44. The van der Waals surface area contributed by atoms with Crippen LogP contribution in [0.5, 0.6) is 17.2 Å². The number of hydrogen-bond donors (Lipinski definition) is 2. The van der Waals surface area contributed by atoms with Crippen LogP contribution >= 0.6 is 11.8 Å². The number of amides is 2. The van der Waals surface area contributed by atoms with Crippen molar-refractivity contribution in [2.45, 2.75) is 33.4 Å². The lowest BCUT2D eigenvalue weighted by molar-refractivity contribution is 0.0997. The summed E-state index contributed by atoms with van der Waals surface area (Å²) in [7, 11) is 4.87. The molecule has 3 heterocycles. The van der Waals surface area contributed by atoms with E-state index in [2.05, 4.69) is 56.1 Å². The molecule has 0 radical (unpaired) electrons. The highest BCUT2D eigenvalue weighted by Crippen LogP contribution is 2.34. The van der Waals surface area contributed by atoms with Crippen molar-refractivity contribution in [2.75, 3.05) is 50.0 Å². The number of aromatic nitrogens is 3. The molecule has 0 aliphatic carbocycles. The highest BCUT2D eigenvalue weighted by Gasteiger charge is 2.22. The first kappa shape index (κ1) is 42.5. The Labute approximate surface area is 358 Å². The first-order chi connectivity index (χ1) is 29.5. The number of carbonyl (C=O) groups is 2. The van der Waals surface area contributed by atoms with Crippen LogP contribution in [0.2, 0.25) is 0 Å². The van der Waals surface area contributed by atoms with E-state index in [1.807, 2.05) is 56.0 Å². The Hall–Kier alpha value is -6.64. The molecule has 0 aliphatic heterocycles. The molecule has 0 fully saturated rings. The van der Waals surface area contributed by atoms with Crippen LogP contribution in [0.4, 0.5) is 11.4 Å². The second-order valence-corrected chi connectivity index (χ2v) is 15.7. The summed E-state index contributed by atoms with van der Waals surface area (Å²) < 4.78 is 24.6. The molecule has 7 aromatic rings. The molecule has 0 aliphatic rings. The van der Waals surface area contributed by atoms with E-state index >= 15 is 0 Å². The Morgan fingerprint density at radius 2 is 1.57 bits per heavy atom. The standard InChI is InChI=1S/C47H48N6O7S/c1-29-7-14-42-38(19-29)41(54)24-45(60-42)47(56)50-39-23-44(58-5)43(57-4)22-37(39)46(55)49-34-11-8-31(9-12-34)15-16-53(28-33-20-35(26-48-25-33)59-17-18-61-6)27-32-10-13-40-36(21-32)30(2)51-52(40)3/h7-14,19-26H,15-18,27-28H2,1-6H3,(H,49,55)(H,50,56). The van der Waals surface area contributed by atoms with Gasteiger partial charge in [0.05, 0.1) is 54.9 Å². The van der Waals surface area contributed by atoms with Gasteiger partial charge >= 0.3 is 0 Å². The fourth-order valence-electron chi connectivity index (χ4n) is 7.17. The summed E-state index contributed by atoms with van der Waals surface area (Å²) >= 11 is 1.74. The average Bonchev–Trinajstić information content (AvgIpc) is 3.54. The van der Waals surface area contributed by atoms with Crippen molar-refractivity contribution in [3.05, 3.63) is 147 Å². The molecule has 2 N–H and O–H groups in total. The van der Waals surface area contributed by atoms with E-state index in [1.54, 1.807) is 36.2 Å². The molecule has 14 heteroatoms. The number of rotatable bonds is 17. The zero-order valence-electron chi connectivity index (χ0n) is 35.0. The Bertz CT molecular complexity index is 2770. The minimum Gasteiger partial charge on any atom is -0.493 e. The minimum atomic E-state index is -0.713. The highest BCUT2D eigenvalue weighted by atomic mass is 32.2. The maximum absolute atomic E-state index is 13.9. The van der Waals surface area contributed by atoms with Crippen molar-refractivity contribution in [1.82, 2.24) is 19.7 Å². The van der Waals surface area contributed by atoms with Gasteiger partial charge in [-0.2, -0.15) is 16.9 Å². The number of benzene rings is 4. The summed E-state index contributed by atoms with van der Waals surface area (Å²) in [6.45, 7) is 6.65. The molecule has 13 nitrogen and oxygen atoms in total. The summed E-state index contributed by atoms with van der Waals surface area (Å²) in [5.41, 5.74) is 7.02. The van der Waals surface area contributed by atoms with E-state index in [4.69, 9.17) is 18.6 Å². The van der Waals surface area contributed by atoms with Gasteiger partial charge in [0, 0.05) is 61.8 Å². The number of thioether (sulfide) groups is 1. The third-order valence-corrected chi connectivity index (χ3v) is 10.9. The van der Waals surface area contributed by atoms with Crippen molar-refractivity contribution in [1.29, 1.82) is 0 Å². The van der Waals surface area contributed by atoms with Gasteiger partial charge in [0.1, 0.15) is 11.3 Å². The van der Waals surface area contributed by atoms with Gasteiger partial charge in [-0.15, -0.1) is 0 Å². The minimum absolute atomic E-state index is 0.109. The number of nitrogens with zero attached hydrogens (tertiary/aromatic N) is 4. The van der Waals surface area contributed by atoms with Crippen LogP contribution in [-0.4, -0.2) is 70.9 Å². The number of pyridine rings is 1. The second kappa shape index (κ2) is 19.2. The third-order valence-electron chi connectivity index (χ3n) is 10.3. The van der Waals surface area contributed by atoms with Gasteiger partial charge in [0.15, 0.2) is 22.7 Å².